The van der Waals surface area contributed by atoms with Crippen LogP contribution in [-0.4, -0.2) is 30.2 Å². The normalized spacial score (nSPS) is 10.3. The summed E-state index contributed by atoms with van der Waals surface area (Å²) < 4.78 is 12.9. The molecule has 0 aliphatic heterocycles. The van der Waals surface area contributed by atoms with Crippen LogP contribution in [-0.2, 0) is 0 Å². The highest BCUT2D eigenvalue weighted by Gasteiger charge is 2.09. The summed E-state index contributed by atoms with van der Waals surface area (Å²) in [6, 6.07) is 16.6. The molecular weight excluding hydrogens is 333 g/mol. The van der Waals surface area contributed by atoms with Gasteiger partial charge in [0.1, 0.15) is 5.82 Å². The molecule has 1 heterocycles. The van der Waals surface area contributed by atoms with E-state index in [2.05, 4.69) is 20.8 Å². The van der Waals surface area contributed by atoms with Crippen LogP contribution in [0.25, 0.3) is 0 Å². The molecule has 3 rings (SSSR count). The zero-order valence-electron chi connectivity index (χ0n) is 14.4. The lowest BCUT2D eigenvalue weighted by molar-refractivity contribution is 0.102. The van der Waals surface area contributed by atoms with Gasteiger partial charge in [0.05, 0.1) is 0 Å². The van der Waals surface area contributed by atoms with Gasteiger partial charge in [0.15, 0.2) is 11.5 Å². The minimum Gasteiger partial charge on any atom is -0.378 e. The van der Waals surface area contributed by atoms with Gasteiger partial charge in [-0.2, -0.15) is 0 Å². The molecule has 0 unspecified atom stereocenters. The van der Waals surface area contributed by atoms with Crippen molar-refractivity contribution in [3.05, 3.63) is 72.2 Å². The zero-order chi connectivity index (χ0) is 18.5. The predicted molar refractivity (Wildman–Crippen MR) is 100 cm³/mol. The fourth-order valence-corrected chi connectivity index (χ4v) is 2.24. The number of nitrogens with zero attached hydrogens (tertiary/aromatic N) is 3. The number of carbonyl (C=O) groups is 1. The number of anilines is 4. The Bertz CT molecular complexity index is 877. The molecule has 0 radical (unpaired) electrons. The van der Waals surface area contributed by atoms with Gasteiger partial charge in [-0.15, -0.1) is 10.2 Å². The third kappa shape index (κ3) is 4.32. The standard InChI is InChI=1S/C19H18FN5O/c1-25(2)16-9-7-15(8-10-16)22-19(26)17-11-12-18(24-23-17)21-14-5-3-13(20)4-6-14/h3-12H,1-2H3,(H,21,24)(H,22,26). The molecule has 7 heteroatoms. The lowest BCUT2D eigenvalue weighted by Gasteiger charge is -2.13. The Morgan fingerprint density at radius 1 is 0.885 bits per heavy atom. The van der Waals surface area contributed by atoms with Crippen molar-refractivity contribution in [1.82, 2.24) is 10.2 Å². The molecule has 0 aliphatic carbocycles. The van der Waals surface area contributed by atoms with E-state index < -0.39 is 0 Å². The highest BCUT2D eigenvalue weighted by atomic mass is 19.1. The third-order valence-corrected chi connectivity index (χ3v) is 3.66. The maximum atomic E-state index is 12.9. The topological polar surface area (TPSA) is 70.2 Å². The first-order valence-corrected chi connectivity index (χ1v) is 7.96. The number of benzene rings is 2. The van der Waals surface area contributed by atoms with Gasteiger partial charge < -0.3 is 15.5 Å². The minimum absolute atomic E-state index is 0.200. The molecule has 3 aromatic rings. The van der Waals surface area contributed by atoms with Gasteiger partial charge in [0.25, 0.3) is 5.91 Å². The Morgan fingerprint density at radius 3 is 2.12 bits per heavy atom. The highest BCUT2D eigenvalue weighted by molar-refractivity contribution is 6.02. The maximum Gasteiger partial charge on any atom is 0.276 e. The summed E-state index contributed by atoms with van der Waals surface area (Å²) in [5.74, 6) is -0.195. The first-order chi connectivity index (χ1) is 12.5. The molecule has 2 aromatic carbocycles. The first-order valence-electron chi connectivity index (χ1n) is 7.96. The van der Waals surface area contributed by atoms with Crippen molar-refractivity contribution in [1.29, 1.82) is 0 Å². The van der Waals surface area contributed by atoms with Crippen molar-refractivity contribution in [2.24, 2.45) is 0 Å². The van der Waals surface area contributed by atoms with E-state index in [1.807, 2.05) is 43.3 Å². The van der Waals surface area contributed by atoms with Gasteiger partial charge in [-0.3, -0.25) is 4.79 Å². The van der Waals surface area contributed by atoms with Gasteiger partial charge in [-0.25, -0.2) is 4.39 Å². The predicted octanol–water partition coefficient (Wildman–Crippen LogP) is 3.68. The number of hydrogen-bond acceptors (Lipinski definition) is 5. The van der Waals surface area contributed by atoms with Crippen molar-refractivity contribution in [2.75, 3.05) is 29.6 Å². The molecule has 0 saturated heterocycles. The van der Waals surface area contributed by atoms with E-state index in [9.17, 15) is 9.18 Å². The SMILES string of the molecule is CN(C)c1ccc(NC(=O)c2ccc(Nc3ccc(F)cc3)nn2)cc1. The molecular formula is C19H18FN5O. The molecule has 0 atom stereocenters. The van der Waals surface area contributed by atoms with Crippen LogP contribution < -0.4 is 15.5 Å². The Hall–Kier alpha value is -3.48. The molecule has 0 saturated carbocycles. The second-order valence-corrected chi connectivity index (χ2v) is 5.83. The van der Waals surface area contributed by atoms with Crippen LogP contribution in [0, 0.1) is 5.82 Å². The van der Waals surface area contributed by atoms with Crippen LogP contribution in [0.3, 0.4) is 0 Å². The van der Waals surface area contributed by atoms with Crippen molar-refractivity contribution >= 4 is 28.8 Å². The second-order valence-electron chi connectivity index (χ2n) is 5.83. The van der Waals surface area contributed by atoms with E-state index in [1.54, 1.807) is 24.3 Å². The van der Waals surface area contributed by atoms with Gasteiger partial charge in [0, 0.05) is 31.2 Å². The molecule has 1 aromatic heterocycles. The lowest BCUT2D eigenvalue weighted by Crippen LogP contribution is -2.15. The van der Waals surface area contributed by atoms with Crippen molar-refractivity contribution < 1.29 is 9.18 Å². The van der Waals surface area contributed by atoms with Crippen molar-refractivity contribution in [2.45, 2.75) is 0 Å². The summed E-state index contributed by atoms with van der Waals surface area (Å²) in [4.78, 5) is 14.2. The molecule has 1 amide bonds. The molecule has 0 fully saturated rings. The fourth-order valence-electron chi connectivity index (χ4n) is 2.24. The van der Waals surface area contributed by atoms with Crippen LogP contribution in [0.5, 0.6) is 0 Å². The molecule has 26 heavy (non-hydrogen) atoms. The fraction of sp³-hybridized carbons (Fsp3) is 0.105. The quantitative estimate of drug-likeness (QED) is 0.734. The number of amides is 1. The Morgan fingerprint density at radius 2 is 1.54 bits per heavy atom. The van der Waals surface area contributed by atoms with Crippen LogP contribution in [0.4, 0.5) is 27.3 Å². The average Bonchev–Trinajstić information content (AvgIpc) is 2.64. The molecule has 132 valence electrons. The Labute approximate surface area is 150 Å². The summed E-state index contributed by atoms with van der Waals surface area (Å²) in [6.45, 7) is 0. The van der Waals surface area contributed by atoms with Crippen LogP contribution in [0.1, 0.15) is 10.5 Å². The summed E-state index contributed by atoms with van der Waals surface area (Å²) in [7, 11) is 3.90. The van der Waals surface area contributed by atoms with E-state index in [-0.39, 0.29) is 17.4 Å². The van der Waals surface area contributed by atoms with Gasteiger partial charge in [-0.05, 0) is 60.7 Å². The van der Waals surface area contributed by atoms with Gasteiger partial charge in [-0.1, -0.05) is 0 Å². The first kappa shape index (κ1) is 17.3. The van der Waals surface area contributed by atoms with E-state index >= 15 is 0 Å². The number of hydrogen-bond donors (Lipinski definition) is 2. The van der Waals surface area contributed by atoms with Gasteiger partial charge >= 0.3 is 0 Å². The van der Waals surface area contributed by atoms with E-state index in [4.69, 9.17) is 0 Å². The van der Waals surface area contributed by atoms with Crippen LogP contribution >= 0.6 is 0 Å². The molecule has 0 aliphatic rings. The van der Waals surface area contributed by atoms with Crippen molar-refractivity contribution in [3.63, 3.8) is 0 Å². The minimum atomic E-state index is -0.344. The molecule has 2 N–H and O–H groups in total. The van der Waals surface area contributed by atoms with E-state index in [0.29, 0.717) is 17.2 Å². The molecule has 0 bridgehead atoms. The Balaban J connectivity index is 1.63. The van der Waals surface area contributed by atoms with E-state index in [0.717, 1.165) is 5.69 Å². The van der Waals surface area contributed by atoms with Crippen LogP contribution in [0.15, 0.2) is 60.7 Å². The molecule has 0 spiro atoms. The molecule has 6 nitrogen and oxygen atoms in total. The largest absolute Gasteiger partial charge is 0.378 e. The second kappa shape index (κ2) is 7.60. The van der Waals surface area contributed by atoms with Gasteiger partial charge in [0.2, 0.25) is 0 Å². The number of halogens is 1. The summed E-state index contributed by atoms with van der Waals surface area (Å²) in [5.41, 5.74) is 2.60. The average molecular weight is 351 g/mol. The lowest BCUT2D eigenvalue weighted by atomic mass is 10.2. The highest BCUT2D eigenvalue weighted by Crippen LogP contribution is 2.17. The monoisotopic (exact) mass is 351 g/mol. The maximum absolute atomic E-state index is 12.9. The van der Waals surface area contributed by atoms with Crippen molar-refractivity contribution in [3.8, 4) is 0 Å². The number of aromatic nitrogens is 2. The van der Waals surface area contributed by atoms with Crippen LogP contribution in [0.2, 0.25) is 0 Å². The summed E-state index contributed by atoms with van der Waals surface area (Å²) >= 11 is 0. The van der Waals surface area contributed by atoms with E-state index in [1.165, 1.54) is 12.1 Å². The number of nitrogens with one attached hydrogen (secondary N) is 2. The Kier molecular flexibility index (Phi) is 5.07. The number of carbonyl (C=O) groups excluding carboxylic acids is 1. The zero-order valence-corrected chi connectivity index (χ0v) is 14.4. The summed E-state index contributed by atoms with van der Waals surface area (Å²) in [6.07, 6.45) is 0. The summed E-state index contributed by atoms with van der Waals surface area (Å²) in [5, 5.41) is 13.7. The third-order valence-electron chi connectivity index (χ3n) is 3.66. The number of rotatable bonds is 5. The smallest absolute Gasteiger partial charge is 0.276 e.